The Morgan fingerprint density at radius 1 is 1.10 bits per heavy atom. The molecule has 1 N–H and O–H groups in total. The van der Waals surface area contributed by atoms with Crippen LogP contribution in [-0.2, 0) is 4.79 Å². The topological polar surface area (TPSA) is 59.9 Å². The van der Waals surface area contributed by atoms with Crippen molar-refractivity contribution in [3.63, 3.8) is 0 Å². The smallest absolute Gasteiger partial charge is 0.277 e. The van der Waals surface area contributed by atoms with Gasteiger partial charge in [-0.3, -0.25) is 4.79 Å². The molecule has 2 rings (SSSR count). The molecule has 114 valence electrons. The molecule has 5 heteroatoms. The fourth-order valence-electron chi connectivity index (χ4n) is 2.24. The Morgan fingerprint density at radius 2 is 1.71 bits per heavy atom. The van der Waals surface area contributed by atoms with Crippen LogP contribution in [-0.4, -0.2) is 25.3 Å². The number of carbonyl (C=O) groups is 1. The number of hydrogen-bond acceptors (Lipinski definition) is 4. The van der Waals surface area contributed by atoms with Crippen molar-refractivity contribution in [2.45, 2.75) is 38.5 Å². The zero-order chi connectivity index (χ0) is 14.9. The van der Waals surface area contributed by atoms with E-state index in [1.165, 1.54) is 12.8 Å². The van der Waals surface area contributed by atoms with Crippen LogP contribution < -0.4 is 14.9 Å². The molecule has 0 unspecified atom stereocenters. The summed E-state index contributed by atoms with van der Waals surface area (Å²) in [6, 6.07) is 7.12. The summed E-state index contributed by atoms with van der Waals surface area (Å²) in [6.07, 6.45) is 6.81. The standard InChI is InChI=1S/C16H22N2O3/c1-20-14-8-10-15(11-9-14)21-12-16(19)18-17-13-6-4-2-3-5-7-13/h8-11H,2-7,12H2,1H3,(H,18,19). The van der Waals surface area contributed by atoms with Crippen LogP contribution >= 0.6 is 0 Å². The van der Waals surface area contributed by atoms with Crippen LogP contribution in [0.25, 0.3) is 0 Å². The summed E-state index contributed by atoms with van der Waals surface area (Å²) >= 11 is 0. The van der Waals surface area contributed by atoms with Gasteiger partial charge in [-0.05, 0) is 49.9 Å². The molecule has 0 aliphatic heterocycles. The lowest BCUT2D eigenvalue weighted by Gasteiger charge is -2.07. The van der Waals surface area contributed by atoms with E-state index in [-0.39, 0.29) is 12.5 Å². The first kappa shape index (κ1) is 15.4. The fraction of sp³-hybridized carbons (Fsp3) is 0.500. The van der Waals surface area contributed by atoms with Crippen molar-refractivity contribution in [2.24, 2.45) is 5.10 Å². The zero-order valence-electron chi connectivity index (χ0n) is 12.4. The van der Waals surface area contributed by atoms with Crippen LogP contribution in [0.1, 0.15) is 38.5 Å². The lowest BCUT2D eigenvalue weighted by molar-refractivity contribution is -0.123. The van der Waals surface area contributed by atoms with Gasteiger partial charge >= 0.3 is 0 Å². The zero-order valence-corrected chi connectivity index (χ0v) is 12.4. The molecule has 0 heterocycles. The molecule has 1 aliphatic rings. The summed E-state index contributed by atoms with van der Waals surface area (Å²) in [4.78, 5) is 11.7. The molecule has 1 fully saturated rings. The number of carbonyl (C=O) groups excluding carboxylic acids is 1. The van der Waals surface area contributed by atoms with Crippen LogP contribution in [0.4, 0.5) is 0 Å². The van der Waals surface area contributed by atoms with Crippen LogP contribution in [0.2, 0.25) is 0 Å². The van der Waals surface area contributed by atoms with E-state index in [1.807, 2.05) is 0 Å². The molecule has 0 spiro atoms. The number of nitrogens with one attached hydrogen (secondary N) is 1. The molecule has 1 aliphatic carbocycles. The Labute approximate surface area is 125 Å². The summed E-state index contributed by atoms with van der Waals surface area (Å²) in [5.74, 6) is 1.15. The van der Waals surface area contributed by atoms with Crippen molar-refractivity contribution in [3.05, 3.63) is 24.3 Å². The minimum absolute atomic E-state index is 0.0386. The third-order valence-corrected chi connectivity index (χ3v) is 3.45. The van der Waals surface area contributed by atoms with Crippen molar-refractivity contribution < 1.29 is 14.3 Å². The Morgan fingerprint density at radius 3 is 2.33 bits per heavy atom. The van der Waals surface area contributed by atoms with E-state index in [9.17, 15) is 4.79 Å². The second-order valence-electron chi connectivity index (χ2n) is 5.09. The van der Waals surface area contributed by atoms with Gasteiger partial charge in [-0.25, -0.2) is 5.43 Å². The molecule has 1 aromatic carbocycles. The van der Waals surface area contributed by atoms with Crippen LogP contribution in [0.15, 0.2) is 29.4 Å². The first-order valence-electron chi connectivity index (χ1n) is 7.39. The minimum atomic E-state index is -0.234. The Balaban J connectivity index is 1.74. The molecule has 0 bridgehead atoms. The summed E-state index contributed by atoms with van der Waals surface area (Å²) in [5, 5.41) is 4.20. The Bertz CT molecular complexity index is 473. The van der Waals surface area contributed by atoms with Gasteiger partial charge in [0, 0.05) is 5.71 Å². The second-order valence-corrected chi connectivity index (χ2v) is 5.09. The average molecular weight is 290 g/mol. The van der Waals surface area contributed by atoms with Gasteiger partial charge in [0.25, 0.3) is 5.91 Å². The second kappa shape index (κ2) is 8.29. The minimum Gasteiger partial charge on any atom is -0.497 e. The normalized spacial score (nSPS) is 15.0. The quantitative estimate of drug-likeness (QED) is 0.670. The van der Waals surface area contributed by atoms with Crippen LogP contribution in [0.5, 0.6) is 11.5 Å². The number of ether oxygens (including phenoxy) is 2. The van der Waals surface area contributed by atoms with Gasteiger partial charge in [0.05, 0.1) is 7.11 Å². The van der Waals surface area contributed by atoms with Crippen LogP contribution in [0, 0.1) is 0 Å². The van der Waals surface area contributed by atoms with Crippen molar-refractivity contribution >= 4 is 11.6 Å². The summed E-state index contributed by atoms with van der Waals surface area (Å²) in [6.45, 7) is -0.0386. The molecule has 0 saturated heterocycles. The summed E-state index contributed by atoms with van der Waals surface area (Å²) < 4.78 is 10.5. The number of hydrogen-bond donors (Lipinski definition) is 1. The molecule has 0 atom stereocenters. The highest BCUT2D eigenvalue weighted by Gasteiger charge is 2.07. The van der Waals surface area contributed by atoms with Gasteiger partial charge in [0.15, 0.2) is 6.61 Å². The van der Waals surface area contributed by atoms with Gasteiger partial charge < -0.3 is 9.47 Å². The molecule has 5 nitrogen and oxygen atoms in total. The molecule has 1 amide bonds. The van der Waals surface area contributed by atoms with E-state index in [0.29, 0.717) is 5.75 Å². The predicted octanol–water partition coefficient (Wildman–Crippen LogP) is 2.90. The van der Waals surface area contributed by atoms with E-state index >= 15 is 0 Å². The fourth-order valence-corrected chi connectivity index (χ4v) is 2.24. The lowest BCUT2D eigenvalue weighted by atomic mass is 10.2. The summed E-state index contributed by atoms with van der Waals surface area (Å²) in [7, 11) is 1.61. The SMILES string of the molecule is COc1ccc(OCC(=O)NN=C2CCCCCC2)cc1. The monoisotopic (exact) mass is 290 g/mol. The molecular weight excluding hydrogens is 268 g/mol. The van der Waals surface area contributed by atoms with Crippen LogP contribution in [0.3, 0.4) is 0 Å². The highest BCUT2D eigenvalue weighted by molar-refractivity contribution is 5.86. The first-order valence-corrected chi connectivity index (χ1v) is 7.39. The van der Waals surface area contributed by atoms with Crippen molar-refractivity contribution in [2.75, 3.05) is 13.7 Å². The molecule has 1 aromatic rings. The third-order valence-electron chi connectivity index (χ3n) is 3.45. The predicted molar refractivity (Wildman–Crippen MR) is 81.8 cm³/mol. The van der Waals surface area contributed by atoms with E-state index in [2.05, 4.69) is 10.5 Å². The highest BCUT2D eigenvalue weighted by atomic mass is 16.5. The summed E-state index contributed by atoms with van der Waals surface area (Å²) in [5.41, 5.74) is 3.66. The number of nitrogens with zero attached hydrogens (tertiary/aromatic N) is 1. The van der Waals surface area contributed by atoms with E-state index in [4.69, 9.17) is 9.47 Å². The molecule has 0 aromatic heterocycles. The highest BCUT2D eigenvalue weighted by Crippen LogP contribution is 2.17. The Kier molecular flexibility index (Phi) is 6.06. The van der Waals surface area contributed by atoms with Gasteiger partial charge in [-0.1, -0.05) is 12.8 Å². The molecule has 21 heavy (non-hydrogen) atoms. The van der Waals surface area contributed by atoms with Crippen molar-refractivity contribution in [3.8, 4) is 11.5 Å². The number of amides is 1. The van der Waals surface area contributed by atoms with Crippen molar-refractivity contribution in [1.29, 1.82) is 0 Å². The molecular formula is C16H22N2O3. The number of hydrazone groups is 1. The van der Waals surface area contributed by atoms with Crippen molar-refractivity contribution in [1.82, 2.24) is 5.43 Å². The largest absolute Gasteiger partial charge is 0.497 e. The maximum absolute atomic E-state index is 11.7. The lowest BCUT2D eigenvalue weighted by Crippen LogP contribution is -2.25. The molecule has 1 saturated carbocycles. The van der Waals surface area contributed by atoms with Gasteiger partial charge in [0.1, 0.15) is 11.5 Å². The molecule has 0 radical (unpaired) electrons. The van der Waals surface area contributed by atoms with Gasteiger partial charge in [-0.2, -0.15) is 5.10 Å². The van der Waals surface area contributed by atoms with Gasteiger partial charge in [0.2, 0.25) is 0 Å². The third kappa shape index (κ3) is 5.45. The van der Waals surface area contributed by atoms with E-state index < -0.39 is 0 Å². The van der Waals surface area contributed by atoms with E-state index in [1.54, 1.807) is 31.4 Å². The number of benzene rings is 1. The number of methoxy groups -OCH3 is 1. The average Bonchev–Trinajstić information content (AvgIpc) is 2.80. The van der Waals surface area contributed by atoms with E-state index in [0.717, 1.165) is 37.1 Å². The Hall–Kier alpha value is -2.04. The maximum Gasteiger partial charge on any atom is 0.277 e. The number of rotatable bonds is 5. The van der Waals surface area contributed by atoms with Gasteiger partial charge in [-0.15, -0.1) is 0 Å². The maximum atomic E-state index is 11.7. The first-order chi connectivity index (χ1) is 10.3.